The Balaban J connectivity index is 2.29. The Morgan fingerprint density at radius 2 is 1.88 bits per heavy atom. The minimum atomic E-state index is -0.889. The quantitative estimate of drug-likeness (QED) is 0.389. The third-order valence-electron chi connectivity index (χ3n) is 3.38. The first-order valence-corrected chi connectivity index (χ1v) is 6.37. The number of carbonyl (C=O) groups is 1. The van der Waals surface area contributed by atoms with E-state index in [1.54, 1.807) is 13.0 Å². The normalized spacial score (nSPS) is 20.9. The van der Waals surface area contributed by atoms with Crippen LogP contribution in [-0.4, -0.2) is 34.9 Å². The molecule has 1 fully saturated rings. The van der Waals surface area contributed by atoms with Gasteiger partial charge in [-0.05, 0) is 19.8 Å². The summed E-state index contributed by atoms with van der Waals surface area (Å²) < 4.78 is 0. The Kier molecular flexibility index (Phi) is 5.65. The molecular formula is C13H23NO3. The Morgan fingerprint density at radius 3 is 2.41 bits per heavy atom. The molecule has 0 heterocycles. The Morgan fingerprint density at radius 1 is 1.29 bits per heavy atom. The lowest BCUT2D eigenvalue weighted by Gasteiger charge is -2.26. The number of rotatable bonds is 5. The van der Waals surface area contributed by atoms with E-state index in [0.29, 0.717) is 18.7 Å². The first-order valence-electron chi connectivity index (χ1n) is 6.37. The predicted octanol–water partition coefficient (Wildman–Crippen LogP) is 1.69. The number of aliphatic carboxylic acids is 1. The number of hydrogen-bond donors (Lipinski definition) is 3. The number of carboxylic acids is 1. The van der Waals surface area contributed by atoms with Gasteiger partial charge in [-0.15, -0.1) is 0 Å². The van der Waals surface area contributed by atoms with E-state index in [0.717, 1.165) is 25.7 Å². The van der Waals surface area contributed by atoms with Gasteiger partial charge in [0.15, 0.2) is 0 Å². The van der Waals surface area contributed by atoms with Crippen LogP contribution in [0.4, 0.5) is 0 Å². The van der Waals surface area contributed by atoms with Crippen LogP contribution in [0.3, 0.4) is 0 Å². The summed E-state index contributed by atoms with van der Waals surface area (Å²) in [5, 5.41) is 22.1. The van der Waals surface area contributed by atoms with E-state index < -0.39 is 11.6 Å². The summed E-state index contributed by atoms with van der Waals surface area (Å²) in [4.78, 5) is 10.6. The van der Waals surface area contributed by atoms with Crippen LogP contribution in [-0.2, 0) is 4.79 Å². The van der Waals surface area contributed by atoms with Gasteiger partial charge in [-0.3, -0.25) is 0 Å². The summed E-state index contributed by atoms with van der Waals surface area (Å²) in [5.74, 6) is -0.889. The van der Waals surface area contributed by atoms with Crippen molar-refractivity contribution in [3.63, 3.8) is 0 Å². The molecule has 1 saturated carbocycles. The summed E-state index contributed by atoms with van der Waals surface area (Å²) in [5.41, 5.74) is -0.257. The molecule has 17 heavy (non-hydrogen) atoms. The van der Waals surface area contributed by atoms with Gasteiger partial charge in [0.25, 0.3) is 0 Å². The van der Waals surface area contributed by atoms with Gasteiger partial charge in [-0.25, -0.2) is 4.79 Å². The van der Waals surface area contributed by atoms with Crippen molar-refractivity contribution in [1.82, 2.24) is 5.32 Å². The van der Waals surface area contributed by atoms with E-state index in [1.165, 1.54) is 12.8 Å². The SMILES string of the molecule is CC(=CCNCC1(O)CCCCCC1)C(=O)O. The lowest BCUT2D eigenvalue weighted by Crippen LogP contribution is -2.40. The molecule has 0 aliphatic heterocycles. The monoisotopic (exact) mass is 241 g/mol. The molecule has 0 amide bonds. The number of aliphatic hydroxyl groups is 1. The van der Waals surface area contributed by atoms with Crippen LogP contribution in [0.2, 0.25) is 0 Å². The van der Waals surface area contributed by atoms with Crippen molar-refractivity contribution in [1.29, 1.82) is 0 Å². The lowest BCUT2D eigenvalue weighted by molar-refractivity contribution is -0.132. The molecular weight excluding hydrogens is 218 g/mol. The Hall–Kier alpha value is -0.870. The van der Waals surface area contributed by atoms with E-state index in [9.17, 15) is 9.90 Å². The van der Waals surface area contributed by atoms with Crippen molar-refractivity contribution in [3.8, 4) is 0 Å². The molecule has 0 spiro atoms. The molecule has 4 nitrogen and oxygen atoms in total. The van der Waals surface area contributed by atoms with E-state index >= 15 is 0 Å². The Labute approximate surface area is 103 Å². The van der Waals surface area contributed by atoms with Crippen molar-refractivity contribution >= 4 is 5.97 Å². The van der Waals surface area contributed by atoms with Crippen LogP contribution in [0, 0.1) is 0 Å². The maximum atomic E-state index is 10.6. The summed E-state index contributed by atoms with van der Waals surface area (Å²) in [6.07, 6.45) is 7.93. The van der Waals surface area contributed by atoms with E-state index in [2.05, 4.69) is 5.32 Å². The van der Waals surface area contributed by atoms with Crippen molar-refractivity contribution < 1.29 is 15.0 Å². The number of nitrogens with one attached hydrogen (secondary N) is 1. The second kappa shape index (κ2) is 6.77. The minimum Gasteiger partial charge on any atom is -0.478 e. The van der Waals surface area contributed by atoms with Crippen molar-refractivity contribution in [3.05, 3.63) is 11.6 Å². The molecule has 0 atom stereocenters. The van der Waals surface area contributed by atoms with Gasteiger partial charge >= 0.3 is 5.97 Å². The molecule has 0 aromatic carbocycles. The van der Waals surface area contributed by atoms with E-state index in [-0.39, 0.29) is 0 Å². The maximum Gasteiger partial charge on any atom is 0.330 e. The van der Waals surface area contributed by atoms with Crippen LogP contribution in [0.5, 0.6) is 0 Å². The van der Waals surface area contributed by atoms with Crippen LogP contribution in [0.15, 0.2) is 11.6 Å². The standard InChI is InChI=1S/C13H23NO3/c1-11(12(15)16)6-9-14-10-13(17)7-4-2-3-5-8-13/h6,14,17H,2-5,7-10H2,1H3,(H,15,16). The smallest absolute Gasteiger partial charge is 0.330 e. The fourth-order valence-corrected chi connectivity index (χ4v) is 2.18. The van der Waals surface area contributed by atoms with Gasteiger partial charge in [0.2, 0.25) is 0 Å². The van der Waals surface area contributed by atoms with Crippen LogP contribution < -0.4 is 5.32 Å². The molecule has 0 aromatic heterocycles. The molecule has 3 N–H and O–H groups in total. The summed E-state index contributed by atoms with van der Waals surface area (Å²) in [6.45, 7) is 2.63. The lowest BCUT2D eigenvalue weighted by atomic mass is 9.94. The summed E-state index contributed by atoms with van der Waals surface area (Å²) in [7, 11) is 0. The van der Waals surface area contributed by atoms with E-state index in [4.69, 9.17) is 5.11 Å². The van der Waals surface area contributed by atoms with Gasteiger partial charge in [0, 0.05) is 18.7 Å². The molecule has 0 aromatic rings. The second-order valence-corrected chi connectivity index (χ2v) is 4.96. The highest BCUT2D eigenvalue weighted by Gasteiger charge is 2.26. The van der Waals surface area contributed by atoms with Crippen molar-refractivity contribution in [2.75, 3.05) is 13.1 Å². The number of hydrogen-bond acceptors (Lipinski definition) is 3. The third-order valence-corrected chi connectivity index (χ3v) is 3.38. The maximum absolute atomic E-state index is 10.6. The largest absolute Gasteiger partial charge is 0.478 e. The van der Waals surface area contributed by atoms with E-state index in [1.807, 2.05) is 0 Å². The first-order chi connectivity index (χ1) is 8.03. The van der Waals surface area contributed by atoms with Crippen molar-refractivity contribution in [2.24, 2.45) is 0 Å². The number of carboxylic acid groups (broad SMARTS) is 1. The average Bonchev–Trinajstić information content (AvgIpc) is 2.49. The topological polar surface area (TPSA) is 69.6 Å². The first kappa shape index (κ1) is 14.2. The molecule has 0 radical (unpaired) electrons. The zero-order chi connectivity index (χ0) is 12.7. The summed E-state index contributed by atoms with van der Waals surface area (Å²) >= 11 is 0. The molecule has 98 valence electrons. The second-order valence-electron chi connectivity index (χ2n) is 4.96. The zero-order valence-electron chi connectivity index (χ0n) is 10.5. The molecule has 0 saturated heterocycles. The molecule has 1 aliphatic rings. The molecule has 1 rings (SSSR count). The van der Waals surface area contributed by atoms with Gasteiger partial charge in [0.05, 0.1) is 5.60 Å². The fourth-order valence-electron chi connectivity index (χ4n) is 2.18. The molecule has 0 bridgehead atoms. The van der Waals surface area contributed by atoms with Crippen LogP contribution in [0.25, 0.3) is 0 Å². The third kappa shape index (κ3) is 5.33. The molecule has 0 unspecified atom stereocenters. The fraction of sp³-hybridized carbons (Fsp3) is 0.769. The van der Waals surface area contributed by atoms with Gasteiger partial charge in [-0.2, -0.15) is 0 Å². The average molecular weight is 241 g/mol. The Bertz CT molecular complexity index is 278. The summed E-state index contributed by atoms with van der Waals surface area (Å²) in [6, 6.07) is 0. The molecule has 4 heteroatoms. The van der Waals surface area contributed by atoms with Gasteiger partial charge in [-0.1, -0.05) is 31.8 Å². The van der Waals surface area contributed by atoms with Crippen LogP contribution in [0.1, 0.15) is 45.4 Å². The predicted molar refractivity (Wildman–Crippen MR) is 66.9 cm³/mol. The minimum absolute atomic E-state index is 0.338. The zero-order valence-corrected chi connectivity index (χ0v) is 10.5. The van der Waals surface area contributed by atoms with Crippen LogP contribution >= 0.6 is 0 Å². The highest BCUT2D eigenvalue weighted by Crippen LogP contribution is 2.26. The highest BCUT2D eigenvalue weighted by atomic mass is 16.4. The van der Waals surface area contributed by atoms with Gasteiger partial charge in [0.1, 0.15) is 0 Å². The highest BCUT2D eigenvalue weighted by molar-refractivity contribution is 5.85. The van der Waals surface area contributed by atoms with Gasteiger partial charge < -0.3 is 15.5 Å². The van der Waals surface area contributed by atoms with Crippen molar-refractivity contribution in [2.45, 2.75) is 51.0 Å². The molecule has 1 aliphatic carbocycles.